The number of hydrogen-bond donors (Lipinski definition) is 2. The lowest BCUT2D eigenvalue weighted by Gasteiger charge is -1.84. The molecule has 0 radical (unpaired) electrons. The molecule has 1 heterocycles. The second kappa shape index (κ2) is 2.88. The number of hydrogen-bond acceptors (Lipinski definition) is 2. The molecule has 0 unspecified atom stereocenters. The summed E-state index contributed by atoms with van der Waals surface area (Å²) < 4.78 is 0. The molecular weight excluding hydrogens is 120 g/mol. The number of anilines is 1. The van der Waals surface area contributed by atoms with Crippen LogP contribution in [0.5, 0.6) is 0 Å². The van der Waals surface area contributed by atoms with Crippen LogP contribution in [0.25, 0.3) is 0 Å². The third kappa shape index (κ3) is 1.58. The molecule has 0 saturated carbocycles. The Labute approximate surface area is 51.6 Å². The van der Waals surface area contributed by atoms with E-state index in [0.29, 0.717) is 0 Å². The number of rotatable bonds is 0. The predicted octanol–water partition coefficient (Wildman–Crippen LogP) is -0.868. The lowest BCUT2D eigenvalue weighted by atomic mass is 10.4. The Morgan fingerprint density at radius 3 is 2.56 bits per heavy atom. The Morgan fingerprint density at radius 2 is 2.22 bits per heavy atom. The number of H-pyrrole nitrogens is 1. The Hall–Kier alpha value is -1.29. The third-order valence-corrected chi connectivity index (χ3v) is 0.854. The largest absolute Gasteiger partial charge is 0.412 e. The van der Waals surface area contributed by atoms with Crippen LogP contribution in [0.15, 0.2) is 23.3 Å². The molecule has 4 nitrogen and oxygen atoms in total. The molecule has 0 spiro atoms. The van der Waals surface area contributed by atoms with Gasteiger partial charge in [0.25, 0.3) is 0 Å². The van der Waals surface area contributed by atoms with Gasteiger partial charge in [-0.2, -0.15) is 0 Å². The fraction of sp³-hybridized carbons (Fsp3) is 0. The minimum atomic E-state index is -0.135. The molecule has 0 aliphatic heterocycles. The summed E-state index contributed by atoms with van der Waals surface area (Å²) in [6.45, 7) is 0. The fourth-order valence-electron chi connectivity index (χ4n) is 0.429. The van der Waals surface area contributed by atoms with Crippen LogP contribution in [-0.4, -0.2) is 10.5 Å². The van der Waals surface area contributed by atoms with Gasteiger partial charge in [-0.1, -0.05) is 0 Å². The maximum atomic E-state index is 10.5. The highest BCUT2D eigenvalue weighted by Gasteiger charge is 1.84. The lowest BCUT2D eigenvalue weighted by Crippen LogP contribution is -2.05. The molecule has 4 heteroatoms. The van der Waals surface area contributed by atoms with Gasteiger partial charge >= 0.3 is 0 Å². The molecule has 0 aromatic carbocycles. The first-order chi connectivity index (χ1) is 3.80. The molecule has 0 aliphatic rings. The second-order valence-electron chi connectivity index (χ2n) is 1.46. The molecule has 0 atom stereocenters. The van der Waals surface area contributed by atoms with E-state index in [4.69, 9.17) is 5.73 Å². The van der Waals surface area contributed by atoms with Crippen molar-refractivity contribution < 1.29 is 5.48 Å². The van der Waals surface area contributed by atoms with Gasteiger partial charge in [-0.05, 0) is 0 Å². The van der Waals surface area contributed by atoms with Crippen molar-refractivity contribution in [1.29, 1.82) is 0 Å². The van der Waals surface area contributed by atoms with Crippen molar-refractivity contribution in [3.05, 3.63) is 28.7 Å². The van der Waals surface area contributed by atoms with E-state index in [1.54, 1.807) is 6.20 Å². The van der Waals surface area contributed by atoms with Gasteiger partial charge in [0, 0.05) is 18.5 Å². The van der Waals surface area contributed by atoms with Crippen molar-refractivity contribution in [3.63, 3.8) is 0 Å². The van der Waals surface area contributed by atoms with Gasteiger partial charge in [0.15, 0.2) is 0 Å². The van der Waals surface area contributed by atoms with E-state index in [1.165, 1.54) is 12.3 Å². The van der Waals surface area contributed by atoms with E-state index < -0.39 is 0 Å². The van der Waals surface area contributed by atoms with E-state index in [-0.39, 0.29) is 16.6 Å². The second-order valence-corrected chi connectivity index (χ2v) is 1.46. The molecule has 0 amide bonds. The first-order valence-corrected chi connectivity index (χ1v) is 2.23. The van der Waals surface area contributed by atoms with Crippen molar-refractivity contribution in [2.24, 2.45) is 0 Å². The summed E-state index contributed by atoms with van der Waals surface area (Å²) in [5.74, 6) is 0. The van der Waals surface area contributed by atoms with E-state index in [0.717, 1.165) is 0 Å². The highest BCUT2D eigenvalue weighted by Crippen LogP contribution is 1.82. The Morgan fingerprint density at radius 1 is 1.56 bits per heavy atom. The number of aromatic amines is 1. The third-order valence-electron chi connectivity index (χ3n) is 0.854. The Balaban J connectivity index is 0.000000640. The van der Waals surface area contributed by atoms with Gasteiger partial charge in [0.2, 0.25) is 5.43 Å². The lowest BCUT2D eigenvalue weighted by molar-refractivity contribution is 0.824. The first kappa shape index (κ1) is 7.71. The number of aromatic nitrogens is 1. The zero-order valence-corrected chi connectivity index (χ0v) is 4.72. The molecule has 9 heavy (non-hydrogen) atoms. The van der Waals surface area contributed by atoms with Crippen molar-refractivity contribution in [1.82, 2.24) is 4.98 Å². The number of nitrogens with one attached hydrogen (secondary N) is 1. The minimum Gasteiger partial charge on any atom is -0.412 e. The standard InChI is InChI=1S/C5H6N2O.H2O/c6-4-3-7-2-1-5(4)8;/h1-3H,6H2,(H,7,8);1H2. The monoisotopic (exact) mass is 128 g/mol. The van der Waals surface area contributed by atoms with Crippen LogP contribution < -0.4 is 11.2 Å². The van der Waals surface area contributed by atoms with Crippen molar-refractivity contribution in [2.45, 2.75) is 0 Å². The first-order valence-electron chi connectivity index (χ1n) is 2.23. The summed E-state index contributed by atoms with van der Waals surface area (Å²) in [5.41, 5.74) is 5.30. The molecule has 5 N–H and O–H groups in total. The van der Waals surface area contributed by atoms with Gasteiger partial charge in [0.1, 0.15) is 0 Å². The summed E-state index contributed by atoms with van der Waals surface area (Å²) in [6.07, 6.45) is 3.00. The van der Waals surface area contributed by atoms with Gasteiger partial charge < -0.3 is 16.2 Å². The van der Waals surface area contributed by atoms with Gasteiger partial charge in [-0.25, -0.2) is 0 Å². The number of nitrogens with two attached hydrogens (primary N) is 1. The SMILES string of the molecule is Nc1c[nH]ccc1=O.O. The van der Waals surface area contributed by atoms with Crippen LogP contribution in [0, 0.1) is 0 Å². The molecule has 0 saturated heterocycles. The maximum Gasteiger partial charge on any atom is 0.204 e. The van der Waals surface area contributed by atoms with Crippen molar-refractivity contribution in [3.8, 4) is 0 Å². The molecule has 1 aromatic heterocycles. The Bertz CT molecular complexity index is 230. The van der Waals surface area contributed by atoms with E-state index >= 15 is 0 Å². The van der Waals surface area contributed by atoms with E-state index in [2.05, 4.69) is 4.98 Å². The predicted molar refractivity (Wildman–Crippen MR) is 35.1 cm³/mol. The van der Waals surface area contributed by atoms with E-state index in [9.17, 15) is 4.79 Å². The topological polar surface area (TPSA) is 90.4 Å². The normalized spacial score (nSPS) is 8.00. The van der Waals surface area contributed by atoms with Gasteiger partial charge in [-0.3, -0.25) is 4.79 Å². The average molecular weight is 128 g/mol. The molecular formula is C5H8N2O2. The van der Waals surface area contributed by atoms with Crippen LogP contribution >= 0.6 is 0 Å². The summed E-state index contributed by atoms with van der Waals surface area (Å²) >= 11 is 0. The summed E-state index contributed by atoms with van der Waals surface area (Å²) in [5, 5.41) is 0. The average Bonchev–Trinajstić information content (AvgIpc) is 1.77. The zero-order valence-electron chi connectivity index (χ0n) is 4.72. The number of pyridine rings is 1. The van der Waals surface area contributed by atoms with Crippen LogP contribution in [0.4, 0.5) is 5.69 Å². The van der Waals surface area contributed by atoms with Crippen LogP contribution in [0.2, 0.25) is 0 Å². The van der Waals surface area contributed by atoms with Crippen molar-refractivity contribution in [2.75, 3.05) is 5.73 Å². The smallest absolute Gasteiger partial charge is 0.204 e. The Kier molecular flexibility index (Phi) is 2.47. The van der Waals surface area contributed by atoms with Crippen molar-refractivity contribution >= 4 is 5.69 Å². The summed E-state index contributed by atoms with van der Waals surface area (Å²) in [6, 6.07) is 1.38. The van der Waals surface area contributed by atoms with Gasteiger partial charge in [-0.15, -0.1) is 0 Å². The fourth-order valence-corrected chi connectivity index (χ4v) is 0.429. The van der Waals surface area contributed by atoms with E-state index in [1.807, 2.05) is 0 Å². The summed E-state index contributed by atoms with van der Waals surface area (Å²) in [7, 11) is 0. The highest BCUT2D eigenvalue weighted by atomic mass is 16.1. The molecule has 0 aliphatic carbocycles. The quantitative estimate of drug-likeness (QED) is 0.475. The molecule has 0 fully saturated rings. The molecule has 50 valence electrons. The number of nitrogen functional groups attached to an aromatic ring is 1. The molecule has 0 bridgehead atoms. The minimum absolute atomic E-state index is 0. The maximum absolute atomic E-state index is 10.5. The van der Waals surface area contributed by atoms with Crippen LogP contribution in [0.1, 0.15) is 0 Å². The van der Waals surface area contributed by atoms with Gasteiger partial charge in [0.05, 0.1) is 5.69 Å². The van der Waals surface area contributed by atoms with Crippen LogP contribution in [-0.2, 0) is 0 Å². The summed E-state index contributed by atoms with van der Waals surface area (Å²) in [4.78, 5) is 13.2. The zero-order chi connectivity index (χ0) is 5.98. The highest BCUT2D eigenvalue weighted by molar-refractivity contribution is 5.32. The molecule has 1 aromatic rings. The van der Waals surface area contributed by atoms with Crippen LogP contribution in [0.3, 0.4) is 0 Å². The molecule has 1 rings (SSSR count).